The molecule has 5 aromatic carbocycles. The summed E-state index contributed by atoms with van der Waals surface area (Å²) in [5, 5.41) is 17.8. The normalized spacial score (nSPS) is 12.2. The number of esters is 2. The average Bonchev–Trinajstić information content (AvgIpc) is 1.79. The number of rotatable bonds is 29. The van der Waals surface area contributed by atoms with Gasteiger partial charge < -0.3 is 37.9 Å². The van der Waals surface area contributed by atoms with Gasteiger partial charge in [0.05, 0.1) is 68.6 Å². The van der Waals surface area contributed by atoms with Crippen molar-refractivity contribution in [2.24, 2.45) is 0 Å². The molecule has 0 saturated heterocycles. The number of nitrogens with zero attached hydrogens (tertiary/aromatic N) is 10. The highest BCUT2D eigenvalue weighted by molar-refractivity contribution is 7.98. The van der Waals surface area contributed by atoms with Crippen LogP contribution in [0, 0.1) is 20.8 Å². The molecule has 100 heavy (non-hydrogen) atoms. The predicted octanol–water partition coefficient (Wildman–Crippen LogP) is 12.3. The molecule has 0 saturated carbocycles. The molecule has 0 bridgehead atoms. The lowest BCUT2D eigenvalue weighted by Crippen LogP contribution is -2.53. The molecular formula is C68H78N10O17S5. The number of methoxy groups -OCH3 is 2. The molecule has 0 aliphatic heterocycles. The number of hydrogen-bond donors (Lipinski definition) is 0. The van der Waals surface area contributed by atoms with Gasteiger partial charge in [-0.25, -0.2) is 48.3 Å². The number of aryl methyl sites for hydroxylation is 3. The highest BCUT2D eigenvalue weighted by atomic mass is 32.2. The SMILES string of the molecule is CCCOc1cccc(CSC[C@@H](C(=O)OC)N(C(=O)Cn2cc(Oc3ccc4nc(C)sc4c3)nn2)C(=O)OC(C)(C)C)c1.COC(=O)[C@H](CSCc1cccc(OCCOS(=O)(=O)c2ccc(C)cc2)c1)N(C(=O)Cn1cc(Oc2ccc3nc(C)sc3c2)nn1)C(=O)OC(C)(C)C. The van der Waals surface area contributed by atoms with Gasteiger partial charge in [-0.05, 0) is 141 Å². The fourth-order valence-corrected chi connectivity index (χ4v) is 13.9. The maximum Gasteiger partial charge on any atom is 0.417 e. The first-order chi connectivity index (χ1) is 47.5. The van der Waals surface area contributed by atoms with Crippen LogP contribution in [0.25, 0.3) is 20.4 Å². The highest BCUT2D eigenvalue weighted by Crippen LogP contribution is 2.31. The van der Waals surface area contributed by atoms with Crippen LogP contribution in [0.3, 0.4) is 0 Å². The molecule has 9 aromatic rings. The zero-order valence-electron chi connectivity index (χ0n) is 57.2. The van der Waals surface area contributed by atoms with Crippen molar-refractivity contribution in [2.45, 2.75) is 128 Å². The van der Waals surface area contributed by atoms with Gasteiger partial charge >= 0.3 is 24.1 Å². The summed E-state index contributed by atoms with van der Waals surface area (Å²) in [4.78, 5) is 90.9. The minimum atomic E-state index is -3.93. The summed E-state index contributed by atoms with van der Waals surface area (Å²) in [6.45, 7) is 17.2. The van der Waals surface area contributed by atoms with Crippen LogP contribution in [-0.4, -0.2) is 163 Å². The van der Waals surface area contributed by atoms with Crippen molar-refractivity contribution >= 4 is 113 Å². The van der Waals surface area contributed by atoms with Gasteiger partial charge in [0, 0.05) is 35.1 Å². The van der Waals surface area contributed by atoms with Gasteiger partial charge in [-0.1, -0.05) is 69.5 Å². The molecule has 2 atom stereocenters. The monoisotopic (exact) mass is 1470 g/mol. The van der Waals surface area contributed by atoms with Crippen molar-refractivity contribution in [3.05, 3.63) is 148 Å². The lowest BCUT2D eigenvalue weighted by atomic mass is 10.2. The number of thiazole rings is 2. The molecule has 27 nitrogen and oxygen atoms in total. The van der Waals surface area contributed by atoms with E-state index in [0.29, 0.717) is 35.4 Å². The number of amides is 4. The quantitative estimate of drug-likeness (QED) is 0.0182. The smallest absolute Gasteiger partial charge is 0.417 e. The van der Waals surface area contributed by atoms with E-state index in [-0.39, 0.29) is 41.4 Å². The van der Waals surface area contributed by atoms with Gasteiger partial charge in [0.1, 0.15) is 72.6 Å². The van der Waals surface area contributed by atoms with Gasteiger partial charge in [-0.2, -0.15) is 31.9 Å². The van der Waals surface area contributed by atoms with Crippen LogP contribution in [-0.2, 0) is 77.0 Å². The Morgan fingerprint density at radius 3 is 1.42 bits per heavy atom. The molecule has 0 aliphatic carbocycles. The number of benzene rings is 5. The summed E-state index contributed by atoms with van der Waals surface area (Å²) < 4.78 is 78.6. The molecule has 4 aromatic heterocycles. The summed E-state index contributed by atoms with van der Waals surface area (Å²) in [6, 6.07) is 29.3. The Kier molecular flexibility index (Phi) is 27.0. The molecule has 0 radical (unpaired) electrons. The number of imide groups is 2. The minimum absolute atomic E-state index is 0.0270. The van der Waals surface area contributed by atoms with Gasteiger partial charge in [0.15, 0.2) is 0 Å². The van der Waals surface area contributed by atoms with Crippen molar-refractivity contribution in [1.82, 2.24) is 49.8 Å². The summed E-state index contributed by atoms with van der Waals surface area (Å²) in [5.74, 6) is 0.341. The third-order valence-electron chi connectivity index (χ3n) is 13.6. The second-order valence-corrected chi connectivity index (χ2v) is 30.3. The number of fused-ring (bicyclic) bond motifs is 2. The lowest BCUT2D eigenvalue weighted by Gasteiger charge is -2.30. The lowest BCUT2D eigenvalue weighted by molar-refractivity contribution is -0.151. The maximum atomic E-state index is 13.8. The van der Waals surface area contributed by atoms with Crippen LogP contribution < -0.4 is 18.9 Å². The third kappa shape index (κ3) is 22.9. The maximum absolute atomic E-state index is 13.8. The van der Waals surface area contributed by atoms with E-state index in [0.717, 1.165) is 69.1 Å². The van der Waals surface area contributed by atoms with E-state index < -0.39 is 82.4 Å². The van der Waals surface area contributed by atoms with E-state index >= 15 is 0 Å². The second-order valence-electron chi connectivity index (χ2n) is 24.1. The Bertz CT molecular complexity index is 4410. The third-order valence-corrected chi connectivity index (χ3v) is 18.9. The summed E-state index contributed by atoms with van der Waals surface area (Å²) in [7, 11) is -1.56. The first-order valence-corrected chi connectivity index (χ1v) is 36.6. The number of carbonyl (C=O) groups excluding carboxylic acids is 6. The number of carbonyl (C=O) groups is 6. The van der Waals surface area contributed by atoms with E-state index in [1.165, 1.54) is 83.0 Å². The zero-order valence-corrected chi connectivity index (χ0v) is 61.3. The Labute approximate surface area is 595 Å². The summed E-state index contributed by atoms with van der Waals surface area (Å²) in [6.07, 6.45) is 1.73. The minimum Gasteiger partial charge on any atom is -0.494 e. The van der Waals surface area contributed by atoms with Crippen LogP contribution in [0.2, 0.25) is 0 Å². The molecule has 0 unspecified atom stereocenters. The standard InChI is InChI=1S/C37H41N5O10S3.C31H37N5O7S2/c1-24-10-13-29(14-11-24)55(46,47)50-17-16-49-27-9-7-8-26(18-27)22-53-23-31(35(44)48-6)42(36(45)52-37(3,4)5)34(43)21-41-20-33(39-40-41)51-28-12-15-30-32(19-28)54-25(2)38-30;1-7-13-41-22-10-8-9-21(14-22)18-44-19-25(29(38)40-6)36(30(39)43-31(3,4)5)28(37)17-35-16-27(33-34-35)42-23-11-12-24-26(15-23)45-20(2)32-24/h7-15,18-20,31H,16-17,21-23H2,1-6H3;8-12,14-16,25H,7,13,17-19H2,1-6H3/t31-;25-/m00/s1. The first-order valence-electron chi connectivity index (χ1n) is 31.3. The first kappa shape index (κ1) is 76.5. The van der Waals surface area contributed by atoms with Gasteiger partial charge in [-0.3, -0.25) is 13.8 Å². The van der Waals surface area contributed by atoms with Gasteiger partial charge in [-0.15, -0.1) is 22.7 Å². The van der Waals surface area contributed by atoms with Crippen molar-refractivity contribution < 1.29 is 79.3 Å². The molecule has 4 heterocycles. The summed E-state index contributed by atoms with van der Waals surface area (Å²) >= 11 is 5.71. The molecular weight excluding hydrogens is 1390 g/mol. The molecule has 0 aliphatic rings. The Balaban J connectivity index is 0.000000260. The Hall–Kier alpha value is -9.21. The van der Waals surface area contributed by atoms with E-state index in [4.69, 9.17) is 42.1 Å². The van der Waals surface area contributed by atoms with E-state index in [1.54, 1.807) is 95.3 Å². The summed E-state index contributed by atoms with van der Waals surface area (Å²) in [5.41, 5.74) is 2.51. The van der Waals surface area contributed by atoms with E-state index in [9.17, 15) is 37.2 Å². The second kappa shape index (κ2) is 35.2. The van der Waals surface area contributed by atoms with Crippen LogP contribution >= 0.6 is 46.2 Å². The number of thioether (sulfide) groups is 2. The fourth-order valence-electron chi connectivity index (χ4n) is 9.17. The molecule has 9 rings (SSSR count). The van der Waals surface area contributed by atoms with Crippen LogP contribution in [0.4, 0.5) is 9.59 Å². The van der Waals surface area contributed by atoms with Crippen molar-refractivity contribution in [2.75, 3.05) is 45.5 Å². The molecule has 532 valence electrons. The van der Waals surface area contributed by atoms with Gasteiger partial charge in [0.25, 0.3) is 33.7 Å². The molecule has 0 spiro atoms. The Morgan fingerprint density at radius 1 is 0.560 bits per heavy atom. The van der Waals surface area contributed by atoms with E-state index in [2.05, 4.69) is 30.6 Å². The molecule has 0 fully saturated rings. The number of hydrogen-bond acceptors (Lipinski definition) is 27. The van der Waals surface area contributed by atoms with Crippen molar-refractivity contribution in [3.63, 3.8) is 0 Å². The van der Waals surface area contributed by atoms with Crippen molar-refractivity contribution in [3.8, 4) is 34.8 Å². The van der Waals surface area contributed by atoms with Crippen LogP contribution in [0.5, 0.6) is 34.8 Å². The Morgan fingerprint density at radius 2 is 1.00 bits per heavy atom. The average molecular weight is 1470 g/mol. The fraction of sp³-hybridized carbons (Fsp3) is 0.382. The number of aromatic nitrogens is 8. The number of ether oxygens (including phenoxy) is 8. The zero-order chi connectivity index (χ0) is 72.3. The van der Waals surface area contributed by atoms with E-state index in [1.807, 2.05) is 82.3 Å². The highest BCUT2D eigenvalue weighted by Gasteiger charge is 2.40. The van der Waals surface area contributed by atoms with Crippen LogP contribution in [0.15, 0.2) is 126 Å². The molecule has 0 N–H and O–H groups in total. The molecule has 4 amide bonds. The predicted molar refractivity (Wildman–Crippen MR) is 377 cm³/mol. The largest absolute Gasteiger partial charge is 0.494 e. The van der Waals surface area contributed by atoms with Gasteiger partial charge in [0.2, 0.25) is 0 Å². The molecule has 32 heteroatoms. The van der Waals surface area contributed by atoms with Crippen LogP contribution in [0.1, 0.15) is 81.6 Å². The topological polar surface area (TPSA) is 313 Å². The van der Waals surface area contributed by atoms with Crippen molar-refractivity contribution in [1.29, 1.82) is 0 Å².